The van der Waals surface area contributed by atoms with Gasteiger partial charge in [0, 0.05) is 6.92 Å². The fourth-order valence-electron chi connectivity index (χ4n) is 0.217. The zero-order valence-electron chi connectivity index (χ0n) is 4.88. The molecule has 0 fully saturated rings. The maximum absolute atomic E-state index is 10.0. The molecule has 0 radical (unpaired) electrons. The maximum Gasteiger partial charge on any atom is 0.371 e. The molecule has 0 rings (SSSR count). The molecule has 4 heteroatoms. The summed E-state index contributed by atoms with van der Waals surface area (Å²) < 4.78 is 4.08. The molecule has 0 aliphatic heterocycles. The number of esters is 1. The smallest absolute Gasteiger partial charge is 0.371 e. The van der Waals surface area contributed by atoms with Crippen LogP contribution in [0.25, 0.3) is 0 Å². The summed E-state index contributed by atoms with van der Waals surface area (Å²) in [6.07, 6.45) is 0. The van der Waals surface area contributed by atoms with Gasteiger partial charge in [-0.3, -0.25) is 4.79 Å². The number of hydrogen-bond donors (Lipinski definition) is 1. The van der Waals surface area contributed by atoms with Crippen molar-refractivity contribution in [3.8, 4) is 0 Å². The SMILES string of the molecule is C=C(OC(C)=O)C(=O)O. The lowest BCUT2D eigenvalue weighted by molar-refractivity contribution is -0.146. The van der Waals surface area contributed by atoms with Crippen molar-refractivity contribution in [3.63, 3.8) is 0 Å². The fourth-order valence-corrected chi connectivity index (χ4v) is 0.217. The standard InChI is InChI=1S/C5H6O4/c1-3(5(7)8)9-4(2)6/h1H2,2H3,(H,7,8). The van der Waals surface area contributed by atoms with Crippen LogP contribution in [0.3, 0.4) is 0 Å². The van der Waals surface area contributed by atoms with Gasteiger partial charge in [-0.2, -0.15) is 0 Å². The molecule has 4 nitrogen and oxygen atoms in total. The van der Waals surface area contributed by atoms with Gasteiger partial charge in [-0.1, -0.05) is 0 Å². The van der Waals surface area contributed by atoms with E-state index in [0.717, 1.165) is 6.92 Å². The summed E-state index contributed by atoms with van der Waals surface area (Å²) in [5, 5.41) is 8.05. The summed E-state index contributed by atoms with van der Waals surface area (Å²) in [4.78, 5) is 19.9. The van der Waals surface area contributed by atoms with E-state index in [0.29, 0.717) is 0 Å². The molecule has 0 aromatic rings. The third-order valence-electron chi connectivity index (χ3n) is 0.505. The first-order valence-electron chi connectivity index (χ1n) is 2.14. The lowest BCUT2D eigenvalue weighted by atomic mass is 10.6. The minimum absolute atomic E-state index is 0.553. The molecule has 0 saturated heterocycles. The normalized spacial score (nSPS) is 8.11. The molecule has 0 aromatic heterocycles. The molecule has 0 bridgehead atoms. The van der Waals surface area contributed by atoms with Crippen LogP contribution >= 0.6 is 0 Å². The van der Waals surface area contributed by atoms with E-state index in [1.165, 1.54) is 0 Å². The average molecular weight is 130 g/mol. The minimum atomic E-state index is -1.33. The van der Waals surface area contributed by atoms with E-state index in [4.69, 9.17) is 5.11 Å². The van der Waals surface area contributed by atoms with Crippen LogP contribution < -0.4 is 0 Å². The topological polar surface area (TPSA) is 63.6 Å². The molecule has 9 heavy (non-hydrogen) atoms. The molecule has 0 aromatic carbocycles. The number of carbonyl (C=O) groups excluding carboxylic acids is 1. The Morgan fingerprint density at radius 1 is 1.56 bits per heavy atom. The van der Waals surface area contributed by atoms with Crippen LogP contribution in [0.1, 0.15) is 6.92 Å². The lowest BCUT2D eigenvalue weighted by Gasteiger charge is -1.96. The number of ether oxygens (including phenoxy) is 1. The van der Waals surface area contributed by atoms with E-state index in [-0.39, 0.29) is 0 Å². The first-order chi connectivity index (χ1) is 4.04. The van der Waals surface area contributed by atoms with E-state index in [1.54, 1.807) is 0 Å². The van der Waals surface area contributed by atoms with Crippen LogP contribution in [-0.4, -0.2) is 17.0 Å². The molecule has 0 atom stereocenters. The van der Waals surface area contributed by atoms with E-state index in [2.05, 4.69) is 11.3 Å². The summed E-state index contributed by atoms with van der Waals surface area (Å²) in [6.45, 7) is 4.06. The first kappa shape index (κ1) is 7.68. The highest BCUT2D eigenvalue weighted by molar-refractivity contribution is 5.86. The predicted molar refractivity (Wildman–Crippen MR) is 28.5 cm³/mol. The quantitative estimate of drug-likeness (QED) is 0.328. The van der Waals surface area contributed by atoms with E-state index < -0.39 is 17.7 Å². The van der Waals surface area contributed by atoms with Gasteiger partial charge in [0.2, 0.25) is 5.76 Å². The van der Waals surface area contributed by atoms with E-state index in [9.17, 15) is 9.59 Å². The van der Waals surface area contributed by atoms with Crippen molar-refractivity contribution >= 4 is 11.9 Å². The lowest BCUT2D eigenvalue weighted by Crippen LogP contribution is -2.06. The third-order valence-corrected chi connectivity index (χ3v) is 0.505. The second-order valence-electron chi connectivity index (χ2n) is 1.32. The molecule has 50 valence electrons. The highest BCUT2D eigenvalue weighted by Crippen LogP contribution is 1.91. The van der Waals surface area contributed by atoms with Gasteiger partial charge >= 0.3 is 11.9 Å². The molecule has 0 aliphatic carbocycles. The highest BCUT2D eigenvalue weighted by Gasteiger charge is 2.05. The second kappa shape index (κ2) is 2.86. The number of carboxylic acids is 1. The summed E-state index contributed by atoms with van der Waals surface area (Å²) in [6, 6.07) is 0. The first-order valence-corrected chi connectivity index (χ1v) is 2.14. The molecular formula is C5H6O4. The van der Waals surface area contributed by atoms with Crippen molar-refractivity contribution in [2.24, 2.45) is 0 Å². The van der Waals surface area contributed by atoms with Crippen molar-refractivity contribution in [2.75, 3.05) is 0 Å². The monoisotopic (exact) mass is 130 g/mol. The zero-order valence-corrected chi connectivity index (χ0v) is 4.88. The van der Waals surface area contributed by atoms with Crippen molar-refractivity contribution in [3.05, 3.63) is 12.3 Å². The molecule has 0 heterocycles. The van der Waals surface area contributed by atoms with E-state index in [1.807, 2.05) is 0 Å². The fraction of sp³-hybridized carbons (Fsp3) is 0.200. The summed E-state index contributed by atoms with van der Waals surface area (Å²) >= 11 is 0. The van der Waals surface area contributed by atoms with Gasteiger partial charge in [0.05, 0.1) is 0 Å². The highest BCUT2D eigenvalue weighted by atomic mass is 16.6. The van der Waals surface area contributed by atoms with Gasteiger partial charge < -0.3 is 9.84 Å². The van der Waals surface area contributed by atoms with Crippen LogP contribution in [0, 0.1) is 0 Å². The van der Waals surface area contributed by atoms with Crippen molar-refractivity contribution < 1.29 is 19.4 Å². The predicted octanol–water partition coefficient (Wildman–Crippen LogP) is 0.148. The Kier molecular flexibility index (Phi) is 2.44. The van der Waals surface area contributed by atoms with Gasteiger partial charge in [0.1, 0.15) is 0 Å². The summed E-state index contributed by atoms with van der Waals surface area (Å²) in [7, 11) is 0. The van der Waals surface area contributed by atoms with Crippen LogP contribution in [0.15, 0.2) is 12.3 Å². The van der Waals surface area contributed by atoms with Crippen LogP contribution in [0.5, 0.6) is 0 Å². The largest absolute Gasteiger partial charge is 0.475 e. The Morgan fingerprint density at radius 3 is 2.11 bits per heavy atom. The van der Waals surface area contributed by atoms with Gasteiger partial charge in [-0.15, -0.1) is 0 Å². The Balaban J connectivity index is 3.79. The maximum atomic E-state index is 10.0. The van der Waals surface area contributed by atoms with Crippen LogP contribution in [0.4, 0.5) is 0 Å². The van der Waals surface area contributed by atoms with Crippen molar-refractivity contribution in [1.29, 1.82) is 0 Å². The zero-order chi connectivity index (χ0) is 7.44. The Labute approximate surface area is 51.7 Å². The minimum Gasteiger partial charge on any atom is -0.475 e. The molecule has 0 spiro atoms. The Hall–Kier alpha value is -1.32. The van der Waals surface area contributed by atoms with Gasteiger partial charge in [0.15, 0.2) is 0 Å². The van der Waals surface area contributed by atoms with Gasteiger partial charge in [-0.25, -0.2) is 4.79 Å². The van der Waals surface area contributed by atoms with Crippen LogP contribution in [-0.2, 0) is 14.3 Å². The average Bonchev–Trinajstić information content (AvgIpc) is 1.63. The Bertz CT molecular complexity index is 158. The molecule has 0 amide bonds. The summed E-state index contributed by atoms with van der Waals surface area (Å²) in [5.74, 6) is -2.56. The number of carbonyl (C=O) groups is 2. The molecule has 0 aliphatic rings. The third kappa shape index (κ3) is 3.28. The van der Waals surface area contributed by atoms with Gasteiger partial charge in [-0.05, 0) is 6.58 Å². The second-order valence-corrected chi connectivity index (χ2v) is 1.32. The number of hydrogen-bond acceptors (Lipinski definition) is 3. The number of rotatable bonds is 2. The van der Waals surface area contributed by atoms with Gasteiger partial charge in [0.25, 0.3) is 0 Å². The van der Waals surface area contributed by atoms with E-state index >= 15 is 0 Å². The van der Waals surface area contributed by atoms with Crippen molar-refractivity contribution in [2.45, 2.75) is 6.92 Å². The number of aliphatic carboxylic acids is 1. The molecule has 1 N–H and O–H groups in total. The van der Waals surface area contributed by atoms with Crippen LogP contribution in [0.2, 0.25) is 0 Å². The molecule has 0 unspecified atom stereocenters. The Morgan fingerprint density at radius 2 is 2.00 bits per heavy atom. The number of carboxylic acid groups (broad SMARTS) is 1. The summed E-state index contributed by atoms with van der Waals surface area (Å²) in [5.41, 5.74) is 0. The molecule has 0 saturated carbocycles. The van der Waals surface area contributed by atoms with Crippen molar-refractivity contribution in [1.82, 2.24) is 0 Å². The molecular weight excluding hydrogens is 124 g/mol.